The molecule has 142 valence electrons. The van der Waals surface area contributed by atoms with Crippen LogP contribution in [-0.2, 0) is 10.8 Å². The van der Waals surface area contributed by atoms with Crippen LogP contribution in [-0.4, -0.2) is 61.3 Å². The van der Waals surface area contributed by atoms with Gasteiger partial charge in [-0.2, -0.15) is 0 Å². The average Bonchev–Trinajstić information content (AvgIpc) is 3.08. The van der Waals surface area contributed by atoms with Crippen LogP contribution < -0.4 is 5.32 Å². The Labute approximate surface area is 154 Å². The SMILES string of the molecule is CCNC(=NCCS(=O)C(C)(C)C)N1CCC(C)C(n2ccnc2)C1. The van der Waals surface area contributed by atoms with Gasteiger partial charge in [-0.3, -0.25) is 9.20 Å². The second-order valence-electron chi connectivity index (χ2n) is 7.69. The molecule has 0 aromatic carbocycles. The van der Waals surface area contributed by atoms with Crippen LogP contribution in [0.3, 0.4) is 0 Å². The minimum absolute atomic E-state index is 0.180. The average molecular weight is 368 g/mol. The van der Waals surface area contributed by atoms with E-state index in [1.807, 2.05) is 39.5 Å². The van der Waals surface area contributed by atoms with Crippen molar-refractivity contribution < 1.29 is 4.21 Å². The van der Waals surface area contributed by atoms with Crippen molar-refractivity contribution in [2.45, 2.75) is 51.8 Å². The summed E-state index contributed by atoms with van der Waals surface area (Å²) in [4.78, 5) is 11.3. The summed E-state index contributed by atoms with van der Waals surface area (Å²) in [5.41, 5.74) is 0. The first kappa shape index (κ1) is 19.9. The molecule has 0 aliphatic carbocycles. The van der Waals surface area contributed by atoms with E-state index < -0.39 is 10.8 Å². The third-order valence-electron chi connectivity index (χ3n) is 4.68. The lowest BCUT2D eigenvalue weighted by Gasteiger charge is -2.39. The number of piperidine rings is 1. The van der Waals surface area contributed by atoms with E-state index in [1.54, 1.807) is 0 Å². The van der Waals surface area contributed by atoms with Crippen LogP contribution in [0.25, 0.3) is 0 Å². The highest BCUT2D eigenvalue weighted by atomic mass is 32.2. The summed E-state index contributed by atoms with van der Waals surface area (Å²) in [6, 6.07) is 0.406. The number of nitrogens with one attached hydrogen (secondary N) is 1. The number of hydrogen-bond donors (Lipinski definition) is 1. The van der Waals surface area contributed by atoms with E-state index in [-0.39, 0.29) is 4.75 Å². The molecule has 2 heterocycles. The van der Waals surface area contributed by atoms with E-state index in [4.69, 9.17) is 4.99 Å². The van der Waals surface area contributed by atoms with Gasteiger partial charge in [-0.1, -0.05) is 6.92 Å². The Balaban J connectivity index is 2.03. The lowest BCUT2D eigenvalue weighted by molar-refractivity contribution is 0.189. The number of rotatable bonds is 5. The summed E-state index contributed by atoms with van der Waals surface area (Å²) < 4.78 is 14.3. The van der Waals surface area contributed by atoms with Gasteiger partial charge < -0.3 is 14.8 Å². The quantitative estimate of drug-likeness (QED) is 0.641. The highest BCUT2D eigenvalue weighted by Gasteiger charge is 2.29. The molecular formula is C18H33N5OS. The zero-order valence-electron chi connectivity index (χ0n) is 16.2. The van der Waals surface area contributed by atoms with Crippen molar-refractivity contribution in [3.8, 4) is 0 Å². The smallest absolute Gasteiger partial charge is 0.194 e. The van der Waals surface area contributed by atoms with Crippen molar-refractivity contribution in [3.63, 3.8) is 0 Å². The van der Waals surface area contributed by atoms with Crippen molar-refractivity contribution in [2.75, 3.05) is 31.9 Å². The van der Waals surface area contributed by atoms with Crippen molar-refractivity contribution in [2.24, 2.45) is 10.9 Å². The molecule has 1 aromatic rings. The van der Waals surface area contributed by atoms with E-state index in [0.717, 1.165) is 32.0 Å². The molecule has 0 amide bonds. The number of imidazole rings is 1. The molecule has 3 unspecified atom stereocenters. The first-order chi connectivity index (χ1) is 11.8. The number of nitrogens with zero attached hydrogens (tertiary/aromatic N) is 4. The molecule has 3 atom stereocenters. The van der Waals surface area contributed by atoms with Crippen molar-refractivity contribution in [1.29, 1.82) is 0 Å². The molecule has 1 aliphatic heterocycles. The summed E-state index contributed by atoms with van der Waals surface area (Å²) in [5, 5.41) is 3.40. The van der Waals surface area contributed by atoms with Crippen LogP contribution in [0.5, 0.6) is 0 Å². The van der Waals surface area contributed by atoms with Crippen molar-refractivity contribution in [3.05, 3.63) is 18.7 Å². The highest BCUT2D eigenvalue weighted by Crippen LogP contribution is 2.27. The van der Waals surface area contributed by atoms with E-state index in [1.165, 1.54) is 0 Å². The topological polar surface area (TPSA) is 62.5 Å². The van der Waals surface area contributed by atoms with Crippen LogP contribution in [0.15, 0.2) is 23.7 Å². The summed E-state index contributed by atoms with van der Waals surface area (Å²) in [7, 11) is -0.865. The zero-order valence-corrected chi connectivity index (χ0v) is 17.1. The van der Waals surface area contributed by atoms with Gasteiger partial charge in [0.25, 0.3) is 0 Å². The molecule has 2 rings (SSSR count). The Morgan fingerprint density at radius 3 is 2.80 bits per heavy atom. The largest absolute Gasteiger partial charge is 0.357 e. The molecule has 1 aromatic heterocycles. The minimum Gasteiger partial charge on any atom is -0.357 e. The Morgan fingerprint density at radius 2 is 2.20 bits per heavy atom. The molecule has 7 heteroatoms. The summed E-state index contributed by atoms with van der Waals surface area (Å²) in [5.74, 6) is 2.15. The van der Waals surface area contributed by atoms with Gasteiger partial charge in [0.05, 0.1) is 18.9 Å². The summed E-state index contributed by atoms with van der Waals surface area (Å²) >= 11 is 0. The fourth-order valence-electron chi connectivity index (χ4n) is 3.06. The van der Waals surface area contributed by atoms with Gasteiger partial charge >= 0.3 is 0 Å². The molecule has 1 saturated heterocycles. The maximum absolute atomic E-state index is 12.2. The number of guanidine groups is 1. The Hall–Kier alpha value is -1.37. The van der Waals surface area contributed by atoms with Crippen LogP contribution in [0.1, 0.15) is 47.1 Å². The Bertz CT molecular complexity index is 579. The molecule has 1 fully saturated rings. The van der Waals surface area contributed by atoms with E-state index in [2.05, 4.69) is 33.6 Å². The van der Waals surface area contributed by atoms with Gasteiger partial charge in [-0.15, -0.1) is 0 Å². The fourth-order valence-corrected chi connectivity index (χ4v) is 3.93. The van der Waals surface area contributed by atoms with Gasteiger partial charge in [-0.05, 0) is 40.0 Å². The summed E-state index contributed by atoms with van der Waals surface area (Å²) in [6.07, 6.45) is 6.91. The van der Waals surface area contributed by atoms with Crippen LogP contribution in [0.2, 0.25) is 0 Å². The molecular weight excluding hydrogens is 334 g/mol. The van der Waals surface area contributed by atoms with Gasteiger partial charge in [0.2, 0.25) is 0 Å². The zero-order chi connectivity index (χ0) is 18.4. The monoisotopic (exact) mass is 367 g/mol. The summed E-state index contributed by atoms with van der Waals surface area (Å²) in [6.45, 7) is 13.8. The normalized spacial score (nSPS) is 23.6. The maximum atomic E-state index is 12.2. The highest BCUT2D eigenvalue weighted by molar-refractivity contribution is 7.86. The predicted octanol–water partition coefficient (Wildman–Crippen LogP) is 2.28. The minimum atomic E-state index is -0.865. The van der Waals surface area contributed by atoms with Gasteiger partial charge in [0.15, 0.2) is 5.96 Å². The number of aromatic nitrogens is 2. The molecule has 1 N–H and O–H groups in total. The lowest BCUT2D eigenvalue weighted by Crippen LogP contribution is -2.49. The third kappa shape index (κ3) is 5.56. The second-order valence-corrected chi connectivity index (χ2v) is 10.0. The van der Waals surface area contributed by atoms with Crippen molar-refractivity contribution >= 4 is 16.8 Å². The first-order valence-electron chi connectivity index (χ1n) is 9.22. The standard InChI is InChI=1S/C18H33N5OS/c1-6-20-17(21-9-12-25(24)18(3,4)5)22-10-7-15(2)16(13-22)23-11-8-19-14-23/h8,11,14-16H,6-7,9-10,12-13H2,1-5H3,(H,20,21). The fraction of sp³-hybridized carbons (Fsp3) is 0.778. The maximum Gasteiger partial charge on any atom is 0.194 e. The Morgan fingerprint density at radius 1 is 1.44 bits per heavy atom. The Kier molecular flexibility index (Phi) is 7.04. The molecule has 0 radical (unpaired) electrons. The van der Waals surface area contributed by atoms with Gasteiger partial charge in [0, 0.05) is 53.3 Å². The number of aliphatic imine (C=N–C) groups is 1. The lowest BCUT2D eigenvalue weighted by atomic mass is 9.93. The second kappa shape index (κ2) is 8.83. The molecule has 1 aliphatic rings. The predicted molar refractivity (Wildman–Crippen MR) is 105 cm³/mol. The number of likely N-dealkylation sites (tertiary alicyclic amines) is 1. The van der Waals surface area contributed by atoms with Gasteiger partial charge in [-0.25, -0.2) is 4.98 Å². The van der Waals surface area contributed by atoms with Crippen LogP contribution in [0, 0.1) is 5.92 Å². The van der Waals surface area contributed by atoms with Crippen molar-refractivity contribution in [1.82, 2.24) is 19.8 Å². The molecule has 0 spiro atoms. The van der Waals surface area contributed by atoms with E-state index >= 15 is 0 Å². The van der Waals surface area contributed by atoms with Crippen LogP contribution >= 0.6 is 0 Å². The van der Waals surface area contributed by atoms with E-state index in [0.29, 0.717) is 24.3 Å². The molecule has 25 heavy (non-hydrogen) atoms. The molecule has 0 saturated carbocycles. The molecule has 6 nitrogen and oxygen atoms in total. The number of hydrogen-bond acceptors (Lipinski definition) is 3. The first-order valence-corrected chi connectivity index (χ1v) is 10.5. The third-order valence-corrected chi connectivity index (χ3v) is 6.60. The van der Waals surface area contributed by atoms with E-state index in [9.17, 15) is 4.21 Å². The molecule has 0 bridgehead atoms. The van der Waals surface area contributed by atoms with Crippen LogP contribution in [0.4, 0.5) is 0 Å². The van der Waals surface area contributed by atoms with Gasteiger partial charge in [0.1, 0.15) is 0 Å².